The lowest BCUT2D eigenvalue weighted by Gasteiger charge is -2.14. The number of nitriles is 1. The molecule has 1 aliphatic carbocycles. The number of hydrogen-bond acceptors (Lipinski definition) is 7. The van der Waals surface area contributed by atoms with Gasteiger partial charge < -0.3 is 15.2 Å². The molecule has 1 aromatic carbocycles. The molecule has 182 valence electrons. The molecule has 35 heavy (non-hydrogen) atoms. The lowest BCUT2D eigenvalue weighted by atomic mass is 9.96. The number of halogens is 2. The number of fused-ring (bicyclic) bond motifs is 1. The molecule has 0 saturated carbocycles. The number of thiophene rings is 1. The van der Waals surface area contributed by atoms with E-state index >= 15 is 0 Å². The fourth-order valence-electron chi connectivity index (χ4n) is 3.91. The van der Waals surface area contributed by atoms with Gasteiger partial charge in [0.25, 0.3) is 5.91 Å². The van der Waals surface area contributed by atoms with Crippen molar-refractivity contribution in [3.8, 4) is 6.07 Å². The second-order valence-corrected chi connectivity index (χ2v) is 11.0. The smallest absolute Gasteiger partial charge is 0.253 e. The van der Waals surface area contributed by atoms with E-state index in [9.17, 15) is 14.9 Å². The van der Waals surface area contributed by atoms with Crippen LogP contribution in [0.25, 0.3) is 0 Å². The second kappa shape index (κ2) is 11.0. The maximum atomic E-state index is 12.6. The number of thioether (sulfide) groups is 1. The molecule has 0 aliphatic heterocycles. The van der Waals surface area contributed by atoms with Crippen molar-refractivity contribution >= 4 is 63.1 Å². The number of aromatic nitrogens is 3. The van der Waals surface area contributed by atoms with Crippen LogP contribution in [0.15, 0.2) is 23.4 Å². The summed E-state index contributed by atoms with van der Waals surface area (Å²) in [5.74, 6) is 0.0701. The highest BCUT2D eigenvalue weighted by atomic mass is 35.5. The third kappa shape index (κ3) is 5.64. The third-order valence-corrected chi connectivity index (χ3v) is 8.42. The van der Waals surface area contributed by atoms with Crippen molar-refractivity contribution in [2.45, 2.75) is 43.8 Å². The first-order valence-electron chi connectivity index (χ1n) is 10.9. The van der Waals surface area contributed by atoms with Gasteiger partial charge in [0.05, 0.1) is 27.9 Å². The molecule has 2 heterocycles. The first-order valence-corrected chi connectivity index (χ1v) is 13.5. The minimum Gasteiger partial charge on any atom is -0.342 e. The molecular formula is C23H22Cl2N6O2S2. The number of nitrogens with zero attached hydrogens (tertiary/aromatic N) is 4. The zero-order valence-corrected chi connectivity index (χ0v) is 22.2. The van der Waals surface area contributed by atoms with Crippen LogP contribution in [-0.2, 0) is 24.7 Å². The number of nitrogens with one attached hydrogen (secondary N) is 2. The van der Waals surface area contributed by atoms with E-state index < -0.39 is 6.04 Å². The van der Waals surface area contributed by atoms with Crippen LogP contribution in [0.2, 0.25) is 10.0 Å². The van der Waals surface area contributed by atoms with Crippen molar-refractivity contribution in [3.63, 3.8) is 0 Å². The van der Waals surface area contributed by atoms with Crippen molar-refractivity contribution in [2.75, 3.05) is 11.1 Å². The molecule has 0 spiro atoms. The van der Waals surface area contributed by atoms with E-state index in [0.717, 1.165) is 31.2 Å². The van der Waals surface area contributed by atoms with Gasteiger partial charge in [-0.1, -0.05) is 35.0 Å². The Kier molecular flexibility index (Phi) is 8.02. The normalized spacial score (nSPS) is 13.6. The molecule has 3 aromatic rings. The Labute approximate surface area is 221 Å². The Hall–Kier alpha value is -2.58. The molecule has 0 radical (unpaired) electrons. The number of carbonyl (C=O) groups is 2. The molecule has 2 aromatic heterocycles. The Morgan fingerprint density at radius 3 is 2.80 bits per heavy atom. The fourth-order valence-corrected chi connectivity index (χ4v) is 6.37. The lowest BCUT2D eigenvalue weighted by molar-refractivity contribution is -0.113. The van der Waals surface area contributed by atoms with Crippen molar-refractivity contribution in [1.29, 1.82) is 5.26 Å². The number of carbonyl (C=O) groups excluding carboxylic acids is 2. The highest BCUT2D eigenvalue weighted by Gasteiger charge is 2.23. The first-order chi connectivity index (χ1) is 16.8. The van der Waals surface area contributed by atoms with E-state index in [0.29, 0.717) is 32.1 Å². The van der Waals surface area contributed by atoms with Crippen LogP contribution < -0.4 is 10.6 Å². The van der Waals surface area contributed by atoms with Gasteiger partial charge in [0.2, 0.25) is 5.91 Å². The SMILES string of the molecule is C[C@@H](NC(=O)c1ccc(Cl)cc1Cl)c1nnc(SCC(=O)Nc2sc3c(c2C#N)CCCC3)n1C. The van der Waals surface area contributed by atoms with Gasteiger partial charge in [-0.05, 0) is 56.4 Å². The summed E-state index contributed by atoms with van der Waals surface area (Å²) in [7, 11) is 1.77. The van der Waals surface area contributed by atoms with Crippen LogP contribution in [0.5, 0.6) is 0 Å². The summed E-state index contributed by atoms with van der Waals surface area (Å²) in [6, 6.07) is 6.47. The molecule has 0 fully saturated rings. The van der Waals surface area contributed by atoms with Crippen LogP contribution in [0.1, 0.15) is 58.0 Å². The Morgan fingerprint density at radius 1 is 1.29 bits per heavy atom. The number of benzene rings is 1. The van der Waals surface area contributed by atoms with Gasteiger partial charge in [-0.2, -0.15) is 5.26 Å². The van der Waals surface area contributed by atoms with E-state index in [2.05, 4.69) is 26.9 Å². The molecule has 12 heteroatoms. The van der Waals surface area contributed by atoms with E-state index in [1.54, 1.807) is 30.7 Å². The lowest BCUT2D eigenvalue weighted by Crippen LogP contribution is -2.28. The zero-order valence-electron chi connectivity index (χ0n) is 19.0. The molecule has 2 amide bonds. The molecule has 2 N–H and O–H groups in total. The van der Waals surface area contributed by atoms with Crippen molar-refractivity contribution in [3.05, 3.63) is 55.6 Å². The van der Waals surface area contributed by atoms with Crippen LogP contribution in [0, 0.1) is 11.3 Å². The Balaban J connectivity index is 1.37. The average molecular weight is 550 g/mol. The van der Waals surface area contributed by atoms with E-state index in [1.165, 1.54) is 34.0 Å². The number of aryl methyl sites for hydroxylation is 1. The van der Waals surface area contributed by atoms with Crippen LogP contribution >= 0.6 is 46.3 Å². The topological polar surface area (TPSA) is 113 Å². The minimum absolute atomic E-state index is 0.112. The quantitative estimate of drug-likeness (QED) is 0.394. The molecule has 4 rings (SSSR count). The summed E-state index contributed by atoms with van der Waals surface area (Å²) in [5, 5.41) is 25.5. The summed E-state index contributed by atoms with van der Waals surface area (Å²) < 4.78 is 1.73. The Morgan fingerprint density at radius 2 is 2.06 bits per heavy atom. The van der Waals surface area contributed by atoms with Gasteiger partial charge in [0.1, 0.15) is 11.1 Å². The molecule has 0 saturated heterocycles. The summed E-state index contributed by atoms with van der Waals surface area (Å²) in [6.45, 7) is 1.79. The maximum Gasteiger partial charge on any atom is 0.253 e. The Bertz CT molecular complexity index is 1330. The van der Waals surface area contributed by atoms with Gasteiger partial charge in [0, 0.05) is 16.9 Å². The van der Waals surface area contributed by atoms with Gasteiger partial charge in [-0.3, -0.25) is 9.59 Å². The maximum absolute atomic E-state index is 12.6. The average Bonchev–Trinajstić information content (AvgIpc) is 3.36. The van der Waals surface area contributed by atoms with Gasteiger partial charge >= 0.3 is 0 Å². The van der Waals surface area contributed by atoms with Gasteiger partial charge in [-0.15, -0.1) is 21.5 Å². The standard InChI is InChI=1S/C23H22Cl2N6O2S2/c1-12(27-21(33)15-8-7-13(24)9-17(15)25)20-29-30-23(31(20)2)34-11-19(32)28-22-16(10-26)14-5-3-4-6-18(14)35-22/h7-9,12H,3-6,11H2,1-2H3,(H,27,33)(H,28,32)/t12-/m1/s1. The van der Waals surface area contributed by atoms with Crippen LogP contribution in [0.3, 0.4) is 0 Å². The highest BCUT2D eigenvalue weighted by molar-refractivity contribution is 7.99. The highest BCUT2D eigenvalue weighted by Crippen LogP contribution is 2.37. The number of rotatable bonds is 7. The van der Waals surface area contributed by atoms with E-state index in [4.69, 9.17) is 23.2 Å². The number of anilines is 1. The molecule has 8 nitrogen and oxygen atoms in total. The van der Waals surface area contributed by atoms with Crippen LogP contribution in [-0.4, -0.2) is 32.3 Å². The molecule has 0 bridgehead atoms. The third-order valence-electron chi connectivity index (χ3n) is 5.65. The van der Waals surface area contributed by atoms with Crippen LogP contribution in [0.4, 0.5) is 5.00 Å². The number of amides is 2. The molecule has 0 unspecified atom stereocenters. The molecule has 1 aliphatic rings. The van der Waals surface area contributed by atoms with Crippen molar-refractivity contribution in [2.24, 2.45) is 7.05 Å². The fraction of sp³-hybridized carbons (Fsp3) is 0.348. The summed E-state index contributed by atoms with van der Waals surface area (Å²) in [5.41, 5.74) is 1.98. The minimum atomic E-state index is -0.453. The van der Waals surface area contributed by atoms with Gasteiger partial charge in [-0.25, -0.2) is 0 Å². The monoisotopic (exact) mass is 548 g/mol. The summed E-state index contributed by atoms with van der Waals surface area (Å²) in [6.07, 6.45) is 4.03. The largest absolute Gasteiger partial charge is 0.342 e. The molecular weight excluding hydrogens is 527 g/mol. The predicted octanol–water partition coefficient (Wildman–Crippen LogP) is 5.16. The first kappa shape index (κ1) is 25.5. The summed E-state index contributed by atoms with van der Waals surface area (Å²) >= 11 is 14.8. The predicted molar refractivity (Wildman–Crippen MR) is 138 cm³/mol. The zero-order chi connectivity index (χ0) is 25.1. The van der Waals surface area contributed by atoms with E-state index in [-0.39, 0.29) is 22.6 Å². The molecule has 1 atom stereocenters. The second-order valence-electron chi connectivity index (χ2n) is 8.08. The number of hydrogen-bond donors (Lipinski definition) is 2. The van der Waals surface area contributed by atoms with E-state index in [1.807, 2.05) is 0 Å². The van der Waals surface area contributed by atoms with Crippen molar-refractivity contribution < 1.29 is 9.59 Å². The van der Waals surface area contributed by atoms with Crippen molar-refractivity contribution in [1.82, 2.24) is 20.1 Å². The van der Waals surface area contributed by atoms with Gasteiger partial charge in [0.15, 0.2) is 11.0 Å². The summed E-state index contributed by atoms with van der Waals surface area (Å²) in [4.78, 5) is 26.4.